The number of carbonyl (C=O) groups is 2. The summed E-state index contributed by atoms with van der Waals surface area (Å²) in [6.45, 7) is 4.89. The molecule has 1 fully saturated rings. The van der Waals surface area contributed by atoms with Crippen LogP contribution in [0.2, 0.25) is 5.02 Å². The summed E-state index contributed by atoms with van der Waals surface area (Å²) in [5.41, 5.74) is 2.88. The van der Waals surface area contributed by atoms with Crippen LogP contribution in [0.1, 0.15) is 15.9 Å². The van der Waals surface area contributed by atoms with E-state index in [-0.39, 0.29) is 12.5 Å². The molecule has 0 spiro atoms. The third-order valence-corrected chi connectivity index (χ3v) is 4.76. The number of nitrogens with zero attached hydrogens (tertiary/aromatic N) is 2. The van der Waals surface area contributed by atoms with Gasteiger partial charge in [-0.1, -0.05) is 17.7 Å². The van der Waals surface area contributed by atoms with Gasteiger partial charge in [0.1, 0.15) is 12.0 Å². The van der Waals surface area contributed by atoms with Gasteiger partial charge in [0.15, 0.2) is 6.61 Å². The number of rotatable bonds is 5. The first kappa shape index (κ1) is 18.3. The molecule has 0 aromatic heterocycles. The van der Waals surface area contributed by atoms with E-state index in [1.807, 2.05) is 23.1 Å². The molecule has 2 aromatic rings. The van der Waals surface area contributed by atoms with Crippen LogP contribution in [0.5, 0.6) is 5.75 Å². The molecule has 1 saturated heterocycles. The highest BCUT2D eigenvalue weighted by Gasteiger charge is 2.22. The zero-order valence-electron chi connectivity index (χ0n) is 14.7. The van der Waals surface area contributed by atoms with E-state index in [1.54, 1.807) is 24.3 Å². The second-order valence-electron chi connectivity index (χ2n) is 6.27. The molecule has 0 saturated carbocycles. The second kappa shape index (κ2) is 8.23. The molecule has 1 heterocycles. The van der Waals surface area contributed by atoms with Crippen molar-refractivity contribution < 1.29 is 14.3 Å². The second-order valence-corrected chi connectivity index (χ2v) is 6.71. The van der Waals surface area contributed by atoms with Crippen LogP contribution in [0.25, 0.3) is 0 Å². The summed E-state index contributed by atoms with van der Waals surface area (Å²) >= 11 is 6.11. The maximum absolute atomic E-state index is 12.4. The molecule has 5 nitrogen and oxygen atoms in total. The fourth-order valence-corrected chi connectivity index (χ4v) is 3.17. The number of piperazine rings is 1. The summed E-state index contributed by atoms with van der Waals surface area (Å²) in [6.07, 6.45) is 0.774. The molecular weight excluding hydrogens is 352 g/mol. The van der Waals surface area contributed by atoms with Gasteiger partial charge in [-0.25, -0.2) is 0 Å². The predicted octanol–water partition coefficient (Wildman–Crippen LogP) is 3.19. The molecule has 2 aromatic carbocycles. The van der Waals surface area contributed by atoms with Gasteiger partial charge in [-0.2, -0.15) is 0 Å². The van der Waals surface area contributed by atoms with Crippen molar-refractivity contribution in [1.29, 1.82) is 0 Å². The highest BCUT2D eigenvalue weighted by Crippen LogP contribution is 2.25. The van der Waals surface area contributed by atoms with Crippen molar-refractivity contribution in [2.75, 3.05) is 37.7 Å². The minimum absolute atomic E-state index is 0.00334. The fourth-order valence-electron chi connectivity index (χ4n) is 3.00. The lowest BCUT2D eigenvalue weighted by Crippen LogP contribution is -2.50. The molecule has 1 aliphatic rings. The molecule has 1 amide bonds. The van der Waals surface area contributed by atoms with Crippen LogP contribution in [0, 0.1) is 6.92 Å². The van der Waals surface area contributed by atoms with E-state index in [1.165, 1.54) is 5.56 Å². The lowest BCUT2D eigenvalue weighted by atomic mass is 10.1. The molecule has 1 aliphatic heterocycles. The average molecular weight is 373 g/mol. The number of benzene rings is 2. The number of halogens is 1. The first-order valence-electron chi connectivity index (χ1n) is 8.54. The Balaban J connectivity index is 1.51. The van der Waals surface area contributed by atoms with Gasteiger partial charge in [0.25, 0.3) is 5.91 Å². The zero-order valence-corrected chi connectivity index (χ0v) is 15.4. The van der Waals surface area contributed by atoms with Gasteiger partial charge >= 0.3 is 0 Å². The van der Waals surface area contributed by atoms with E-state index in [4.69, 9.17) is 16.3 Å². The zero-order chi connectivity index (χ0) is 18.5. The van der Waals surface area contributed by atoms with E-state index in [0.29, 0.717) is 24.4 Å². The SMILES string of the molecule is Cc1ccc(Cl)cc1N1CCN(C(=O)COc2ccc(C=O)cc2)CC1. The van der Waals surface area contributed by atoms with E-state index in [0.717, 1.165) is 30.1 Å². The fraction of sp³-hybridized carbons (Fsp3) is 0.300. The number of aldehydes is 1. The van der Waals surface area contributed by atoms with Crippen molar-refractivity contribution in [2.45, 2.75) is 6.92 Å². The van der Waals surface area contributed by atoms with Crippen LogP contribution in [-0.2, 0) is 4.79 Å². The first-order valence-corrected chi connectivity index (χ1v) is 8.91. The Morgan fingerprint density at radius 2 is 1.81 bits per heavy atom. The van der Waals surface area contributed by atoms with Crippen molar-refractivity contribution in [2.24, 2.45) is 0 Å². The standard InChI is InChI=1S/C20H21ClN2O3/c1-15-2-5-17(21)12-19(15)22-8-10-23(11-9-22)20(25)14-26-18-6-3-16(13-24)4-7-18/h2-7,12-13H,8-11,14H2,1H3. The molecule has 3 rings (SSSR count). The molecule has 0 aliphatic carbocycles. The smallest absolute Gasteiger partial charge is 0.260 e. The Labute approximate surface area is 158 Å². The summed E-state index contributed by atoms with van der Waals surface area (Å²) in [5, 5.41) is 0.720. The maximum Gasteiger partial charge on any atom is 0.260 e. The Hall–Kier alpha value is -2.53. The normalized spacial score (nSPS) is 14.2. The van der Waals surface area contributed by atoms with Gasteiger partial charge in [-0.15, -0.1) is 0 Å². The summed E-state index contributed by atoms with van der Waals surface area (Å²) in [6, 6.07) is 12.6. The molecule has 0 bridgehead atoms. The van der Waals surface area contributed by atoms with Crippen molar-refractivity contribution in [3.63, 3.8) is 0 Å². The third kappa shape index (κ3) is 4.35. The topological polar surface area (TPSA) is 49.9 Å². The van der Waals surface area contributed by atoms with Crippen molar-refractivity contribution in [1.82, 2.24) is 4.90 Å². The number of anilines is 1. The molecule has 0 radical (unpaired) electrons. The predicted molar refractivity (Wildman–Crippen MR) is 102 cm³/mol. The number of ether oxygens (including phenoxy) is 1. The van der Waals surface area contributed by atoms with Crippen LogP contribution >= 0.6 is 11.6 Å². The molecule has 26 heavy (non-hydrogen) atoms. The Morgan fingerprint density at radius 3 is 2.46 bits per heavy atom. The van der Waals surface area contributed by atoms with Crippen LogP contribution in [0.15, 0.2) is 42.5 Å². The van der Waals surface area contributed by atoms with Gasteiger partial charge in [0.2, 0.25) is 0 Å². The maximum atomic E-state index is 12.4. The van der Waals surface area contributed by atoms with Gasteiger partial charge in [0.05, 0.1) is 0 Å². The molecule has 0 N–H and O–H groups in total. The Kier molecular flexibility index (Phi) is 5.78. The molecular formula is C20H21ClN2O3. The van der Waals surface area contributed by atoms with Crippen LogP contribution in [0.3, 0.4) is 0 Å². The number of aryl methyl sites for hydroxylation is 1. The number of carbonyl (C=O) groups excluding carboxylic acids is 2. The number of hydrogen-bond donors (Lipinski definition) is 0. The van der Waals surface area contributed by atoms with Crippen LogP contribution in [0.4, 0.5) is 5.69 Å². The van der Waals surface area contributed by atoms with Gasteiger partial charge < -0.3 is 14.5 Å². The summed E-state index contributed by atoms with van der Waals surface area (Å²) in [7, 11) is 0. The van der Waals surface area contributed by atoms with E-state index in [2.05, 4.69) is 11.8 Å². The first-order chi connectivity index (χ1) is 12.6. The Bertz CT molecular complexity index is 784. The van der Waals surface area contributed by atoms with E-state index >= 15 is 0 Å². The van der Waals surface area contributed by atoms with Gasteiger partial charge in [-0.05, 0) is 48.9 Å². The van der Waals surface area contributed by atoms with Crippen molar-refractivity contribution >= 4 is 29.5 Å². The summed E-state index contributed by atoms with van der Waals surface area (Å²) in [5.74, 6) is 0.545. The lowest BCUT2D eigenvalue weighted by molar-refractivity contribution is -0.133. The van der Waals surface area contributed by atoms with Gasteiger partial charge in [0, 0.05) is 42.5 Å². The van der Waals surface area contributed by atoms with E-state index in [9.17, 15) is 9.59 Å². The van der Waals surface area contributed by atoms with E-state index < -0.39 is 0 Å². The summed E-state index contributed by atoms with van der Waals surface area (Å²) < 4.78 is 5.53. The minimum atomic E-state index is -0.0353. The van der Waals surface area contributed by atoms with Crippen LogP contribution in [-0.4, -0.2) is 49.9 Å². The highest BCUT2D eigenvalue weighted by atomic mass is 35.5. The molecule has 136 valence electrons. The highest BCUT2D eigenvalue weighted by molar-refractivity contribution is 6.30. The largest absolute Gasteiger partial charge is 0.484 e. The lowest BCUT2D eigenvalue weighted by Gasteiger charge is -2.36. The molecule has 0 atom stereocenters. The number of hydrogen-bond acceptors (Lipinski definition) is 4. The van der Waals surface area contributed by atoms with Crippen molar-refractivity contribution in [3.8, 4) is 5.75 Å². The van der Waals surface area contributed by atoms with Crippen LogP contribution < -0.4 is 9.64 Å². The molecule has 6 heteroatoms. The Morgan fingerprint density at radius 1 is 1.12 bits per heavy atom. The summed E-state index contributed by atoms with van der Waals surface area (Å²) in [4.78, 5) is 27.1. The minimum Gasteiger partial charge on any atom is -0.484 e. The monoisotopic (exact) mass is 372 g/mol. The quantitative estimate of drug-likeness (QED) is 0.756. The van der Waals surface area contributed by atoms with Crippen molar-refractivity contribution in [3.05, 3.63) is 58.6 Å². The molecule has 0 unspecified atom stereocenters. The average Bonchev–Trinajstić information content (AvgIpc) is 2.68. The van der Waals surface area contributed by atoms with Gasteiger partial charge in [-0.3, -0.25) is 9.59 Å². The third-order valence-electron chi connectivity index (χ3n) is 4.52. The number of amides is 1.